The molecule has 0 saturated carbocycles. The lowest BCUT2D eigenvalue weighted by molar-refractivity contribution is 0.100. The van der Waals surface area contributed by atoms with Gasteiger partial charge in [0, 0.05) is 6.07 Å². The van der Waals surface area contributed by atoms with Gasteiger partial charge < -0.3 is 10.2 Å². The summed E-state index contributed by atoms with van der Waals surface area (Å²) in [6, 6.07) is 0.497. The number of aromatic hydroxyl groups is 2. The monoisotopic (exact) mass is 188 g/mol. The van der Waals surface area contributed by atoms with Crippen LogP contribution in [0.15, 0.2) is 6.07 Å². The number of halogens is 2. The van der Waals surface area contributed by atoms with Crippen molar-refractivity contribution in [2.24, 2.45) is 0 Å². The third-order valence-electron chi connectivity index (χ3n) is 1.51. The number of rotatable bonds is 1. The second kappa shape index (κ2) is 3.01. The van der Waals surface area contributed by atoms with Gasteiger partial charge in [0.15, 0.2) is 28.9 Å². The van der Waals surface area contributed by atoms with E-state index in [1.54, 1.807) is 0 Å². The van der Waals surface area contributed by atoms with Gasteiger partial charge >= 0.3 is 0 Å². The Balaban J connectivity index is 3.56. The van der Waals surface area contributed by atoms with Crippen molar-refractivity contribution < 1.29 is 23.8 Å². The van der Waals surface area contributed by atoms with Crippen LogP contribution in [0.1, 0.15) is 17.3 Å². The first-order valence-corrected chi connectivity index (χ1v) is 3.36. The molecule has 0 aliphatic carbocycles. The summed E-state index contributed by atoms with van der Waals surface area (Å²) in [6.45, 7) is 0.931. The minimum atomic E-state index is -1.36. The van der Waals surface area contributed by atoms with Gasteiger partial charge in [0.2, 0.25) is 0 Å². The van der Waals surface area contributed by atoms with E-state index in [-0.39, 0.29) is 0 Å². The molecule has 0 atom stereocenters. The average Bonchev–Trinajstić information content (AvgIpc) is 2.01. The van der Waals surface area contributed by atoms with Crippen LogP contribution in [-0.4, -0.2) is 16.0 Å². The number of Topliss-reactive ketones (excluding diaryl/α,β-unsaturated/α-hetero) is 1. The lowest BCUT2D eigenvalue weighted by atomic mass is 10.1. The van der Waals surface area contributed by atoms with E-state index < -0.39 is 34.5 Å². The maximum atomic E-state index is 12.9. The maximum Gasteiger partial charge on any atom is 0.178 e. The Morgan fingerprint density at radius 2 is 1.62 bits per heavy atom. The average molecular weight is 188 g/mol. The summed E-state index contributed by atoms with van der Waals surface area (Å²) in [4.78, 5) is 10.7. The number of ketones is 1. The Morgan fingerprint density at radius 3 is 1.92 bits per heavy atom. The van der Waals surface area contributed by atoms with E-state index in [1.807, 2.05) is 0 Å². The molecule has 0 aliphatic heterocycles. The highest BCUT2D eigenvalue weighted by atomic mass is 19.1. The van der Waals surface area contributed by atoms with E-state index in [0.717, 1.165) is 6.92 Å². The first-order valence-electron chi connectivity index (χ1n) is 3.36. The lowest BCUT2D eigenvalue weighted by Crippen LogP contribution is -2.02. The van der Waals surface area contributed by atoms with Gasteiger partial charge in [0.25, 0.3) is 0 Å². The molecule has 13 heavy (non-hydrogen) atoms. The molecule has 0 fully saturated rings. The number of carbonyl (C=O) groups is 1. The quantitative estimate of drug-likeness (QED) is 0.658. The van der Waals surface area contributed by atoms with Crippen molar-refractivity contribution in [3.8, 4) is 11.5 Å². The number of hydrogen-bond acceptors (Lipinski definition) is 3. The van der Waals surface area contributed by atoms with Crippen molar-refractivity contribution in [3.63, 3.8) is 0 Å². The summed E-state index contributed by atoms with van der Waals surface area (Å²) in [6.07, 6.45) is 0. The molecule has 1 rings (SSSR count). The SMILES string of the molecule is CC(=O)c1c(F)c(O)cc(O)c1F. The summed E-state index contributed by atoms with van der Waals surface area (Å²) >= 11 is 0. The number of benzene rings is 1. The first kappa shape index (κ1) is 9.44. The zero-order valence-electron chi connectivity index (χ0n) is 6.64. The molecule has 0 amide bonds. The second-order valence-corrected chi connectivity index (χ2v) is 2.47. The highest BCUT2D eigenvalue weighted by molar-refractivity contribution is 5.95. The first-order chi connectivity index (χ1) is 5.95. The van der Waals surface area contributed by atoms with Gasteiger partial charge in [-0.2, -0.15) is 0 Å². The number of phenolic OH excluding ortho intramolecular Hbond substituents is 2. The van der Waals surface area contributed by atoms with Gasteiger partial charge in [-0.1, -0.05) is 0 Å². The molecule has 1 aromatic carbocycles. The Kier molecular flexibility index (Phi) is 2.18. The minimum Gasteiger partial charge on any atom is -0.505 e. The van der Waals surface area contributed by atoms with Crippen LogP contribution >= 0.6 is 0 Å². The highest BCUT2D eigenvalue weighted by Gasteiger charge is 2.20. The molecule has 0 bridgehead atoms. The maximum absolute atomic E-state index is 12.9. The second-order valence-electron chi connectivity index (χ2n) is 2.47. The van der Waals surface area contributed by atoms with Crippen LogP contribution in [0.2, 0.25) is 0 Å². The molecule has 0 radical (unpaired) electrons. The van der Waals surface area contributed by atoms with Gasteiger partial charge in [-0.3, -0.25) is 4.79 Å². The Labute approximate surface area is 72.2 Å². The normalized spacial score (nSPS) is 10.1. The molecule has 1 aromatic rings. The number of hydrogen-bond donors (Lipinski definition) is 2. The van der Waals surface area contributed by atoms with Crippen molar-refractivity contribution in [1.82, 2.24) is 0 Å². The Morgan fingerprint density at radius 1 is 1.23 bits per heavy atom. The van der Waals surface area contributed by atoms with Crippen LogP contribution < -0.4 is 0 Å². The standard InChI is InChI=1S/C8H6F2O3/c1-3(11)6-7(9)4(12)2-5(13)8(6)10/h2,12-13H,1H3. The fourth-order valence-electron chi connectivity index (χ4n) is 0.918. The lowest BCUT2D eigenvalue weighted by Gasteiger charge is -2.04. The van der Waals surface area contributed by atoms with Gasteiger partial charge in [-0.15, -0.1) is 0 Å². The van der Waals surface area contributed by atoms with E-state index in [1.165, 1.54) is 0 Å². The van der Waals surface area contributed by atoms with Crippen LogP contribution in [0.4, 0.5) is 8.78 Å². The smallest absolute Gasteiger partial charge is 0.178 e. The van der Waals surface area contributed by atoms with Crippen molar-refractivity contribution in [2.45, 2.75) is 6.92 Å². The molecule has 0 saturated heterocycles. The van der Waals surface area contributed by atoms with Gasteiger partial charge in [-0.25, -0.2) is 8.78 Å². The minimum absolute atomic E-state index is 0.497. The van der Waals surface area contributed by atoms with Crippen molar-refractivity contribution in [3.05, 3.63) is 23.3 Å². The van der Waals surface area contributed by atoms with E-state index in [0.29, 0.717) is 6.07 Å². The van der Waals surface area contributed by atoms with E-state index in [2.05, 4.69) is 0 Å². The molecule has 0 spiro atoms. The van der Waals surface area contributed by atoms with E-state index in [9.17, 15) is 13.6 Å². The molecule has 0 heterocycles. The molecule has 5 heteroatoms. The van der Waals surface area contributed by atoms with Gasteiger partial charge in [0.05, 0.1) is 5.56 Å². The molecule has 0 aromatic heterocycles. The fraction of sp³-hybridized carbons (Fsp3) is 0.125. The molecular formula is C8H6F2O3. The zero-order valence-corrected chi connectivity index (χ0v) is 6.64. The van der Waals surface area contributed by atoms with Crippen molar-refractivity contribution in [2.75, 3.05) is 0 Å². The van der Waals surface area contributed by atoms with Crippen LogP contribution in [0, 0.1) is 11.6 Å². The van der Waals surface area contributed by atoms with Crippen LogP contribution in [0.25, 0.3) is 0 Å². The zero-order chi connectivity index (χ0) is 10.2. The molecule has 3 nitrogen and oxygen atoms in total. The predicted octanol–water partition coefficient (Wildman–Crippen LogP) is 1.58. The van der Waals surface area contributed by atoms with Gasteiger partial charge in [-0.05, 0) is 6.92 Å². The third kappa shape index (κ3) is 1.44. The van der Waals surface area contributed by atoms with E-state index in [4.69, 9.17) is 10.2 Å². The Bertz CT molecular complexity index is 348. The van der Waals surface area contributed by atoms with Crippen LogP contribution in [-0.2, 0) is 0 Å². The molecule has 2 N–H and O–H groups in total. The summed E-state index contributed by atoms with van der Waals surface area (Å²) < 4.78 is 25.7. The van der Waals surface area contributed by atoms with E-state index >= 15 is 0 Å². The summed E-state index contributed by atoms with van der Waals surface area (Å²) in [7, 11) is 0. The predicted molar refractivity (Wildman–Crippen MR) is 39.7 cm³/mol. The molecular weight excluding hydrogens is 182 g/mol. The molecule has 70 valence electrons. The topological polar surface area (TPSA) is 57.5 Å². The number of carbonyl (C=O) groups excluding carboxylic acids is 1. The fourth-order valence-corrected chi connectivity index (χ4v) is 0.918. The summed E-state index contributed by atoms with van der Waals surface area (Å²) in [5, 5.41) is 17.6. The van der Waals surface area contributed by atoms with Crippen LogP contribution in [0.5, 0.6) is 11.5 Å². The summed E-state index contributed by atoms with van der Waals surface area (Å²) in [5.41, 5.74) is -0.933. The molecule has 0 aliphatic rings. The van der Waals surface area contributed by atoms with Crippen LogP contribution in [0.3, 0.4) is 0 Å². The van der Waals surface area contributed by atoms with Crippen molar-refractivity contribution >= 4 is 5.78 Å². The van der Waals surface area contributed by atoms with Gasteiger partial charge in [0.1, 0.15) is 0 Å². The largest absolute Gasteiger partial charge is 0.505 e. The number of phenols is 2. The van der Waals surface area contributed by atoms with Crippen molar-refractivity contribution in [1.29, 1.82) is 0 Å². The summed E-state index contributed by atoms with van der Waals surface area (Å²) in [5.74, 6) is -5.53. The Hall–Kier alpha value is -1.65. The third-order valence-corrected chi connectivity index (χ3v) is 1.51. The molecule has 0 unspecified atom stereocenters. The highest BCUT2D eigenvalue weighted by Crippen LogP contribution is 2.29.